The number of amides is 1. The second-order valence-electron chi connectivity index (χ2n) is 6.89. The van der Waals surface area contributed by atoms with Crippen LogP contribution in [0.3, 0.4) is 0 Å². The Bertz CT molecular complexity index is 1210. The van der Waals surface area contributed by atoms with Crippen LogP contribution in [-0.4, -0.2) is 30.1 Å². The second kappa shape index (κ2) is 9.14. The smallest absolute Gasteiger partial charge is 0.264 e. The summed E-state index contributed by atoms with van der Waals surface area (Å²) in [4.78, 5) is 24.7. The van der Waals surface area contributed by atoms with E-state index in [1.807, 2.05) is 30.3 Å². The van der Waals surface area contributed by atoms with E-state index in [0.717, 1.165) is 27.9 Å². The number of thiazole rings is 1. The van der Waals surface area contributed by atoms with Crippen LogP contribution < -0.4 is 14.4 Å². The third kappa shape index (κ3) is 4.22. The normalized spacial score (nSPS) is 10.8. The van der Waals surface area contributed by atoms with Crippen molar-refractivity contribution >= 4 is 32.6 Å². The summed E-state index contributed by atoms with van der Waals surface area (Å²) in [6.45, 7) is 2.40. The number of aromatic nitrogens is 2. The molecule has 4 rings (SSSR count). The van der Waals surface area contributed by atoms with Crippen LogP contribution in [-0.2, 0) is 13.0 Å². The Morgan fingerprint density at radius 1 is 1.06 bits per heavy atom. The lowest BCUT2D eigenvalue weighted by Crippen LogP contribution is -2.31. The van der Waals surface area contributed by atoms with Gasteiger partial charge in [0.05, 0.1) is 42.2 Å². The first-order valence-corrected chi connectivity index (χ1v) is 10.8. The highest BCUT2D eigenvalue weighted by Crippen LogP contribution is 2.34. The average molecular weight is 434 g/mol. The van der Waals surface area contributed by atoms with Crippen LogP contribution in [0.2, 0.25) is 0 Å². The molecule has 0 saturated heterocycles. The van der Waals surface area contributed by atoms with Crippen LogP contribution in [0.4, 0.5) is 5.13 Å². The topological polar surface area (TPSA) is 64.6 Å². The zero-order valence-corrected chi connectivity index (χ0v) is 18.5. The van der Waals surface area contributed by atoms with Crippen LogP contribution in [0.25, 0.3) is 10.2 Å². The number of rotatable bonds is 7. The van der Waals surface area contributed by atoms with Crippen molar-refractivity contribution in [1.29, 1.82) is 0 Å². The number of aryl methyl sites for hydroxylation is 1. The fourth-order valence-corrected chi connectivity index (χ4v) is 4.41. The lowest BCUT2D eigenvalue weighted by molar-refractivity contribution is 0.0981. The number of ether oxygens (including phenoxy) is 2. The number of carbonyl (C=O) groups is 1. The van der Waals surface area contributed by atoms with E-state index in [9.17, 15) is 4.79 Å². The molecule has 2 aromatic carbocycles. The van der Waals surface area contributed by atoms with Crippen LogP contribution in [0, 0.1) is 0 Å². The molecule has 0 bridgehead atoms. The van der Waals surface area contributed by atoms with E-state index in [1.54, 1.807) is 43.5 Å². The molecule has 1 amide bonds. The minimum absolute atomic E-state index is 0.224. The molecule has 0 fully saturated rings. The van der Waals surface area contributed by atoms with Crippen LogP contribution >= 0.6 is 11.3 Å². The number of para-hydroxylation sites is 1. The predicted molar refractivity (Wildman–Crippen MR) is 123 cm³/mol. The summed E-state index contributed by atoms with van der Waals surface area (Å²) in [5.41, 5.74) is 3.27. The van der Waals surface area contributed by atoms with Crippen LogP contribution in [0.15, 0.2) is 60.8 Å². The van der Waals surface area contributed by atoms with Gasteiger partial charge in [0, 0.05) is 6.20 Å². The molecule has 0 aliphatic carbocycles. The highest BCUT2D eigenvalue weighted by atomic mass is 32.1. The maximum atomic E-state index is 13.8. The third-order valence-corrected chi connectivity index (χ3v) is 6.08. The Labute approximate surface area is 185 Å². The number of hydrogen-bond acceptors (Lipinski definition) is 6. The number of methoxy groups -OCH3 is 2. The molecule has 31 heavy (non-hydrogen) atoms. The molecular formula is C24H23N3O3S. The molecule has 0 unspecified atom stereocenters. The minimum atomic E-state index is -0.224. The van der Waals surface area contributed by atoms with Crippen LogP contribution in [0.1, 0.15) is 28.5 Å². The van der Waals surface area contributed by atoms with Crippen LogP contribution in [0.5, 0.6) is 11.5 Å². The number of benzene rings is 2. The fraction of sp³-hybridized carbons (Fsp3) is 0.208. The lowest BCUT2D eigenvalue weighted by Gasteiger charge is -2.21. The average Bonchev–Trinajstić information content (AvgIpc) is 3.26. The molecule has 0 aliphatic rings. The van der Waals surface area contributed by atoms with E-state index in [4.69, 9.17) is 14.5 Å². The van der Waals surface area contributed by atoms with Gasteiger partial charge >= 0.3 is 0 Å². The minimum Gasteiger partial charge on any atom is -0.497 e. The molecule has 158 valence electrons. The van der Waals surface area contributed by atoms with Gasteiger partial charge in [-0.15, -0.1) is 0 Å². The van der Waals surface area contributed by atoms with Gasteiger partial charge in [0.15, 0.2) is 5.13 Å². The van der Waals surface area contributed by atoms with Gasteiger partial charge in [-0.3, -0.25) is 14.7 Å². The fourth-order valence-electron chi connectivity index (χ4n) is 3.40. The van der Waals surface area contributed by atoms with Crippen molar-refractivity contribution in [3.63, 3.8) is 0 Å². The van der Waals surface area contributed by atoms with E-state index >= 15 is 0 Å². The molecule has 0 spiro atoms. The Hall–Kier alpha value is -3.45. The Kier molecular flexibility index (Phi) is 6.13. The summed E-state index contributed by atoms with van der Waals surface area (Å²) in [6.07, 6.45) is 2.59. The standard InChI is InChI=1S/C24H23N3O3S/c1-4-16-8-7-10-21-22(16)26-24(31-21)27(15-17-9-5-6-13-25-17)23(28)19-14-18(29-2)11-12-20(19)30-3/h5-14H,4,15H2,1-3H3. The first kappa shape index (κ1) is 20.8. The van der Waals surface area contributed by atoms with E-state index in [2.05, 4.69) is 18.0 Å². The number of carbonyl (C=O) groups excluding carboxylic acids is 1. The monoisotopic (exact) mass is 433 g/mol. The van der Waals surface area contributed by atoms with Gasteiger partial charge in [-0.2, -0.15) is 0 Å². The van der Waals surface area contributed by atoms with Crippen molar-refractivity contribution in [2.45, 2.75) is 19.9 Å². The molecule has 4 aromatic rings. The molecule has 7 heteroatoms. The maximum Gasteiger partial charge on any atom is 0.264 e. The molecule has 0 N–H and O–H groups in total. The van der Waals surface area contributed by atoms with Gasteiger partial charge in [0.2, 0.25) is 0 Å². The van der Waals surface area contributed by atoms with Gasteiger partial charge in [-0.05, 0) is 48.4 Å². The third-order valence-electron chi connectivity index (χ3n) is 5.03. The van der Waals surface area contributed by atoms with Crippen molar-refractivity contribution in [2.24, 2.45) is 0 Å². The van der Waals surface area contributed by atoms with Crippen molar-refractivity contribution in [3.8, 4) is 11.5 Å². The first-order valence-electron chi connectivity index (χ1n) is 9.96. The van der Waals surface area contributed by atoms with Gasteiger partial charge in [-0.25, -0.2) is 4.98 Å². The Balaban J connectivity index is 1.83. The zero-order valence-electron chi connectivity index (χ0n) is 17.7. The maximum absolute atomic E-state index is 13.8. The summed E-state index contributed by atoms with van der Waals surface area (Å²) >= 11 is 1.49. The molecular weight excluding hydrogens is 410 g/mol. The number of nitrogens with zero attached hydrogens (tertiary/aromatic N) is 3. The summed E-state index contributed by atoms with van der Waals surface area (Å²) in [5.74, 6) is 0.838. The second-order valence-corrected chi connectivity index (χ2v) is 7.90. The Morgan fingerprint density at radius 2 is 1.94 bits per heavy atom. The zero-order chi connectivity index (χ0) is 21.8. The van der Waals surface area contributed by atoms with Gasteiger partial charge < -0.3 is 9.47 Å². The highest BCUT2D eigenvalue weighted by molar-refractivity contribution is 7.22. The highest BCUT2D eigenvalue weighted by Gasteiger charge is 2.25. The molecule has 0 radical (unpaired) electrons. The van der Waals surface area contributed by atoms with Crippen molar-refractivity contribution in [2.75, 3.05) is 19.1 Å². The van der Waals surface area contributed by atoms with E-state index in [0.29, 0.717) is 28.7 Å². The largest absolute Gasteiger partial charge is 0.497 e. The number of pyridine rings is 1. The van der Waals surface area contributed by atoms with Crippen molar-refractivity contribution in [1.82, 2.24) is 9.97 Å². The summed E-state index contributed by atoms with van der Waals surface area (Å²) in [6, 6.07) is 17.0. The molecule has 0 saturated carbocycles. The lowest BCUT2D eigenvalue weighted by atomic mass is 10.1. The number of hydrogen-bond donors (Lipinski definition) is 0. The van der Waals surface area contributed by atoms with Gasteiger partial charge in [0.1, 0.15) is 11.5 Å². The van der Waals surface area contributed by atoms with Crippen molar-refractivity contribution < 1.29 is 14.3 Å². The summed E-state index contributed by atoms with van der Waals surface area (Å²) < 4.78 is 11.8. The summed E-state index contributed by atoms with van der Waals surface area (Å²) in [5, 5.41) is 0.622. The molecule has 2 aromatic heterocycles. The number of fused-ring (bicyclic) bond motifs is 1. The molecule has 0 atom stereocenters. The van der Waals surface area contributed by atoms with Gasteiger partial charge in [-0.1, -0.05) is 36.5 Å². The SMILES string of the molecule is CCc1cccc2sc(N(Cc3ccccn3)C(=O)c3cc(OC)ccc3OC)nc12. The molecule has 6 nitrogen and oxygen atoms in total. The van der Waals surface area contributed by atoms with E-state index in [-0.39, 0.29) is 5.91 Å². The quantitative estimate of drug-likeness (QED) is 0.405. The molecule has 0 aliphatic heterocycles. The Morgan fingerprint density at radius 3 is 2.65 bits per heavy atom. The van der Waals surface area contributed by atoms with E-state index in [1.165, 1.54) is 11.3 Å². The number of anilines is 1. The summed E-state index contributed by atoms with van der Waals surface area (Å²) in [7, 11) is 3.12. The van der Waals surface area contributed by atoms with Gasteiger partial charge in [0.25, 0.3) is 5.91 Å². The molecule has 2 heterocycles. The van der Waals surface area contributed by atoms with E-state index < -0.39 is 0 Å². The first-order chi connectivity index (χ1) is 15.1. The van der Waals surface area contributed by atoms with Crippen molar-refractivity contribution in [3.05, 3.63) is 77.6 Å². The predicted octanol–water partition coefficient (Wildman–Crippen LogP) is 5.12.